The van der Waals surface area contributed by atoms with Gasteiger partial charge in [0.2, 0.25) is 0 Å². The number of pyridine rings is 2. The molecule has 0 spiro atoms. The topological polar surface area (TPSA) is 63.8 Å². The van der Waals surface area contributed by atoms with Gasteiger partial charge < -0.3 is 11.1 Å². The molecule has 0 saturated heterocycles. The summed E-state index contributed by atoms with van der Waals surface area (Å²) >= 11 is 4.92. The van der Waals surface area contributed by atoms with Crippen molar-refractivity contribution in [3.63, 3.8) is 0 Å². The fourth-order valence-electron chi connectivity index (χ4n) is 1.50. The van der Waals surface area contributed by atoms with E-state index in [0.717, 1.165) is 11.9 Å². The first-order valence-electron chi connectivity index (χ1n) is 5.20. The molecule has 0 aliphatic heterocycles. The summed E-state index contributed by atoms with van der Waals surface area (Å²) in [5, 5.41) is 2.95. The van der Waals surface area contributed by atoms with Crippen molar-refractivity contribution in [1.29, 1.82) is 0 Å². The number of rotatable bonds is 3. The second-order valence-corrected chi connectivity index (χ2v) is 4.20. The Bertz CT molecular complexity index is 600. The number of hydrogen-bond donors (Lipinski definition) is 2. The van der Waals surface area contributed by atoms with Gasteiger partial charge in [0.25, 0.3) is 0 Å². The molecule has 6 heteroatoms. The van der Waals surface area contributed by atoms with E-state index < -0.39 is 5.82 Å². The first-order chi connectivity index (χ1) is 8.54. The van der Waals surface area contributed by atoms with Crippen LogP contribution >= 0.6 is 12.2 Å². The fraction of sp³-hybridized carbons (Fsp3) is 0.0833. The summed E-state index contributed by atoms with van der Waals surface area (Å²) in [5.41, 5.74) is 7.57. The summed E-state index contributed by atoms with van der Waals surface area (Å²) < 4.78 is 13.0. The molecule has 2 aromatic heterocycles. The lowest BCUT2D eigenvalue weighted by Crippen LogP contribution is -2.10. The highest BCUT2D eigenvalue weighted by molar-refractivity contribution is 7.80. The third kappa shape index (κ3) is 2.98. The van der Waals surface area contributed by atoms with Crippen molar-refractivity contribution in [1.82, 2.24) is 9.97 Å². The maximum absolute atomic E-state index is 13.0. The average molecular weight is 262 g/mol. The van der Waals surface area contributed by atoms with E-state index in [9.17, 15) is 4.39 Å². The van der Waals surface area contributed by atoms with E-state index in [4.69, 9.17) is 18.0 Å². The molecule has 0 saturated carbocycles. The fourth-order valence-corrected chi connectivity index (χ4v) is 1.62. The van der Waals surface area contributed by atoms with Gasteiger partial charge in [-0.15, -0.1) is 0 Å². The van der Waals surface area contributed by atoms with Crippen LogP contribution in [0.5, 0.6) is 0 Å². The van der Waals surface area contributed by atoms with E-state index in [1.165, 1.54) is 12.3 Å². The summed E-state index contributed by atoms with van der Waals surface area (Å²) in [4.78, 5) is 8.30. The predicted molar refractivity (Wildman–Crippen MR) is 72.3 cm³/mol. The van der Waals surface area contributed by atoms with Crippen molar-refractivity contribution in [2.45, 2.75) is 6.92 Å². The molecular formula is C12H11FN4S. The summed E-state index contributed by atoms with van der Waals surface area (Å²) in [6.07, 6.45) is 2.64. The van der Waals surface area contributed by atoms with Gasteiger partial charge in [0.1, 0.15) is 16.6 Å². The van der Waals surface area contributed by atoms with Gasteiger partial charge in [0.05, 0.1) is 18.1 Å². The second kappa shape index (κ2) is 5.05. The highest BCUT2D eigenvalue weighted by atomic mass is 32.1. The SMILES string of the molecule is Cc1cc(C(N)=S)cc(Nc2cncc(F)c2)n1. The van der Waals surface area contributed by atoms with Gasteiger partial charge in [-0.3, -0.25) is 4.98 Å². The number of anilines is 2. The molecule has 92 valence electrons. The van der Waals surface area contributed by atoms with E-state index in [-0.39, 0.29) is 0 Å². The number of aromatic nitrogens is 2. The third-order valence-electron chi connectivity index (χ3n) is 2.22. The number of halogens is 1. The molecule has 0 atom stereocenters. The minimum atomic E-state index is -0.415. The molecule has 3 N–H and O–H groups in total. The van der Waals surface area contributed by atoms with Crippen LogP contribution in [0.15, 0.2) is 30.6 Å². The van der Waals surface area contributed by atoms with Crippen molar-refractivity contribution >= 4 is 28.7 Å². The molecule has 0 amide bonds. The summed E-state index contributed by atoms with van der Waals surface area (Å²) in [5.74, 6) is 0.132. The Morgan fingerprint density at radius 1 is 1.33 bits per heavy atom. The number of nitrogens with zero attached hydrogens (tertiary/aromatic N) is 2. The van der Waals surface area contributed by atoms with Crippen LogP contribution < -0.4 is 11.1 Å². The summed E-state index contributed by atoms with van der Waals surface area (Å²) in [7, 11) is 0. The van der Waals surface area contributed by atoms with E-state index >= 15 is 0 Å². The number of thiocarbonyl (C=S) groups is 1. The summed E-state index contributed by atoms with van der Waals surface area (Å²) in [6, 6.07) is 4.83. The first kappa shape index (κ1) is 12.4. The smallest absolute Gasteiger partial charge is 0.143 e. The van der Waals surface area contributed by atoms with Crippen molar-refractivity contribution in [2.24, 2.45) is 5.73 Å². The molecule has 0 aliphatic carbocycles. The number of nitrogens with one attached hydrogen (secondary N) is 1. The van der Waals surface area contributed by atoms with E-state index in [1.54, 1.807) is 12.1 Å². The minimum Gasteiger partial charge on any atom is -0.389 e. The van der Waals surface area contributed by atoms with Crippen LogP contribution in [0.25, 0.3) is 0 Å². The zero-order chi connectivity index (χ0) is 13.1. The van der Waals surface area contributed by atoms with Crippen LogP contribution in [0.4, 0.5) is 15.9 Å². The molecule has 2 aromatic rings. The van der Waals surface area contributed by atoms with Crippen LogP contribution in [-0.2, 0) is 0 Å². The number of aryl methyl sites for hydroxylation is 1. The molecule has 2 heterocycles. The Labute approximate surface area is 109 Å². The number of nitrogens with two attached hydrogens (primary N) is 1. The predicted octanol–water partition coefficient (Wildman–Crippen LogP) is 2.30. The van der Waals surface area contributed by atoms with Crippen LogP contribution in [0.1, 0.15) is 11.3 Å². The van der Waals surface area contributed by atoms with Crippen molar-refractivity contribution in [2.75, 3.05) is 5.32 Å². The van der Waals surface area contributed by atoms with Gasteiger partial charge in [0.15, 0.2) is 0 Å². The van der Waals surface area contributed by atoms with Crippen molar-refractivity contribution in [3.05, 3.63) is 47.7 Å². The normalized spacial score (nSPS) is 10.1. The molecule has 18 heavy (non-hydrogen) atoms. The Kier molecular flexibility index (Phi) is 3.47. The van der Waals surface area contributed by atoms with Crippen LogP contribution in [0.2, 0.25) is 0 Å². The molecule has 0 fully saturated rings. The molecule has 0 bridgehead atoms. The lowest BCUT2D eigenvalue weighted by atomic mass is 10.2. The zero-order valence-electron chi connectivity index (χ0n) is 9.64. The molecule has 0 aromatic carbocycles. The van der Waals surface area contributed by atoms with E-state index in [2.05, 4.69) is 15.3 Å². The number of hydrogen-bond acceptors (Lipinski definition) is 4. The van der Waals surface area contributed by atoms with Gasteiger partial charge >= 0.3 is 0 Å². The van der Waals surface area contributed by atoms with Gasteiger partial charge in [0, 0.05) is 17.3 Å². The Balaban J connectivity index is 2.31. The maximum atomic E-state index is 13.0. The lowest BCUT2D eigenvalue weighted by Gasteiger charge is -2.08. The minimum absolute atomic E-state index is 0.293. The Morgan fingerprint density at radius 3 is 2.78 bits per heavy atom. The van der Waals surface area contributed by atoms with E-state index in [1.807, 2.05) is 6.92 Å². The molecule has 0 aliphatic rings. The van der Waals surface area contributed by atoms with Crippen LogP contribution in [0, 0.1) is 12.7 Å². The molecule has 2 rings (SSSR count). The van der Waals surface area contributed by atoms with Crippen molar-refractivity contribution < 1.29 is 4.39 Å². The average Bonchev–Trinajstić information content (AvgIpc) is 2.28. The maximum Gasteiger partial charge on any atom is 0.143 e. The van der Waals surface area contributed by atoms with Gasteiger partial charge in [-0.05, 0) is 19.1 Å². The Hall–Kier alpha value is -2.08. The third-order valence-corrected chi connectivity index (χ3v) is 2.45. The lowest BCUT2D eigenvalue weighted by molar-refractivity contribution is 0.622. The molecule has 0 radical (unpaired) electrons. The van der Waals surface area contributed by atoms with E-state index in [0.29, 0.717) is 22.1 Å². The standard InChI is InChI=1S/C12H11FN4S/c1-7-2-8(12(14)18)3-11(16-7)17-10-4-9(13)5-15-6-10/h2-6H,1H3,(H2,14,18)(H,16,17). The second-order valence-electron chi connectivity index (χ2n) is 3.76. The first-order valence-corrected chi connectivity index (χ1v) is 5.61. The quantitative estimate of drug-likeness (QED) is 0.831. The molecular weight excluding hydrogens is 251 g/mol. The van der Waals surface area contributed by atoms with Gasteiger partial charge in [-0.1, -0.05) is 12.2 Å². The molecule has 4 nitrogen and oxygen atoms in total. The summed E-state index contributed by atoms with van der Waals surface area (Å²) in [6.45, 7) is 1.83. The van der Waals surface area contributed by atoms with Gasteiger partial charge in [-0.2, -0.15) is 0 Å². The Morgan fingerprint density at radius 2 is 2.11 bits per heavy atom. The molecule has 0 unspecified atom stereocenters. The zero-order valence-corrected chi connectivity index (χ0v) is 10.5. The highest BCUT2D eigenvalue weighted by Crippen LogP contribution is 2.16. The van der Waals surface area contributed by atoms with Crippen LogP contribution in [-0.4, -0.2) is 15.0 Å². The van der Waals surface area contributed by atoms with Gasteiger partial charge in [-0.25, -0.2) is 9.37 Å². The monoisotopic (exact) mass is 262 g/mol. The highest BCUT2D eigenvalue weighted by Gasteiger charge is 2.03. The van der Waals surface area contributed by atoms with Crippen LogP contribution in [0.3, 0.4) is 0 Å². The van der Waals surface area contributed by atoms with Crippen molar-refractivity contribution in [3.8, 4) is 0 Å². The largest absolute Gasteiger partial charge is 0.389 e.